The van der Waals surface area contributed by atoms with Gasteiger partial charge in [-0.2, -0.15) is 0 Å². The summed E-state index contributed by atoms with van der Waals surface area (Å²) >= 11 is 6.17. The summed E-state index contributed by atoms with van der Waals surface area (Å²) in [6, 6.07) is 6.44. The highest BCUT2D eigenvalue weighted by atomic mass is 35.5. The molecular weight excluding hydrogens is 368 g/mol. The Morgan fingerprint density at radius 3 is 2.70 bits per heavy atom. The number of aromatic nitrogens is 1. The molecule has 1 aromatic heterocycles. The van der Waals surface area contributed by atoms with Crippen LogP contribution in [-0.2, 0) is 9.53 Å². The Morgan fingerprint density at radius 1 is 1.33 bits per heavy atom. The molecule has 0 fully saturated rings. The van der Waals surface area contributed by atoms with Crippen LogP contribution in [0.25, 0.3) is 5.70 Å². The maximum atomic E-state index is 12.4. The molecule has 0 radical (unpaired) electrons. The van der Waals surface area contributed by atoms with Crippen molar-refractivity contribution in [2.24, 2.45) is 5.73 Å². The van der Waals surface area contributed by atoms with Crippen molar-refractivity contribution < 1.29 is 14.3 Å². The number of pyridine rings is 1. The normalized spacial score (nSPS) is 11.3. The fourth-order valence-corrected chi connectivity index (χ4v) is 2.42. The minimum Gasteiger partial charge on any atom is -0.490 e. The first-order chi connectivity index (χ1) is 12.8. The van der Waals surface area contributed by atoms with Gasteiger partial charge in [-0.1, -0.05) is 11.6 Å². The lowest BCUT2D eigenvalue weighted by Gasteiger charge is -2.12. The number of nitrogen functional groups attached to an aromatic ring is 1. The number of halogens is 1. The molecule has 0 amide bonds. The first-order valence-electron chi connectivity index (χ1n) is 8.07. The van der Waals surface area contributed by atoms with E-state index in [2.05, 4.69) is 4.98 Å². The van der Waals surface area contributed by atoms with E-state index in [0.29, 0.717) is 24.5 Å². The Balaban J connectivity index is 2.21. The van der Waals surface area contributed by atoms with Crippen molar-refractivity contribution in [3.8, 4) is 5.75 Å². The van der Waals surface area contributed by atoms with Crippen LogP contribution < -0.4 is 16.2 Å². The number of anilines is 1. The second-order valence-electron chi connectivity index (χ2n) is 5.74. The van der Waals surface area contributed by atoms with Crippen LogP contribution in [0.5, 0.6) is 5.75 Å². The van der Waals surface area contributed by atoms with E-state index in [1.54, 1.807) is 25.4 Å². The predicted octanol–water partition coefficient (Wildman–Crippen LogP) is 2.59. The van der Waals surface area contributed by atoms with E-state index in [1.165, 1.54) is 18.2 Å². The van der Waals surface area contributed by atoms with E-state index < -0.39 is 5.78 Å². The molecular formula is C19H21ClN4O3. The van der Waals surface area contributed by atoms with Gasteiger partial charge in [0.15, 0.2) is 0 Å². The minimum atomic E-state index is -0.594. The zero-order chi connectivity index (χ0) is 20.0. The van der Waals surface area contributed by atoms with Gasteiger partial charge in [0.25, 0.3) is 0 Å². The van der Waals surface area contributed by atoms with Crippen LogP contribution in [0.3, 0.4) is 0 Å². The third kappa shape index (κ3) is 5.29. The molecule has 0 bridgehead atoms. The van der Waals surface area contributed by atoms with Gasteiger partial charge >= 0.3 is 0 Å². The van der Waals surface area contributed by atoms with Crippen LogP contribution in [0, 0.1) is 12.3 Å². The summed E-state index contributed by atoms with van der Waals surface area (Å²) in [7, 11) is 1.56. The summed E-state index contributed by atoms with van der Waals surface area (Å²) in [4.78, 5) is 16.5. The zero-order valence-corrected chi connectivity index (χ0v) is 15.8. The molecule has 0 saturated heterocycles. The van der Waals surface area contributed by atoms with Gasteiger partial charge in [-0.05, 0) is 25.1 Å². The SMILES string of the molecule is COCCOc1cc(N)c(C(=N)C(=O)C=C(N)c2ccc(C)nc2)cc1Cl. The summed E-state index contributed by atoms with van der Waals surface area (Å²) in [5, 5.41) is 8.38. The molecule has 2 aromatic rings. The zero-order valence-electron chi connectivity index (χ0n) is 15.1. The first kappa shape index (κ1) is 20.4. The highest BCUT2D eigenvalue weighted by Gasteiger charge is 2.17. The van der Waals surface area contributed by atoms with Crippen molar-refractivity contribution in [2.45, 2.75) is 6.92 Å². The highest BCUT2D eigenvalue weighted by Crippen LogP contribution is 2.30. The molecule has 0 aliphatic carbocycles. The number of aryl methyl sites for hydroxylation is 1. The van der Waals surface area contributed by atoms with Crippen LogP contribution in [0.4, 0.5) is 5.69 Å². The third-order valence-electron chi connectivity index (χ3n) is 3.70. The lowest BCUT2D eigenvalue weighted by Crippen LogP contribution is -2.16. The molecule has 2 rings (SSSR count). The summed E-state index contributed by atoms with van der Waals surface area (Å²) in [6.45, 7) is 2.54. The van der Waals surface area contributed by atoms with Crippen molar-refractivity contribution in [3.05, 3.63) is 58.4 Å². The number of carbonyl (C=O) groups is 1. The standard InChI is InChI=1S/C19H21ClN4O3/c1-11-3-4-12(10-24-11)15(21)8-17(25)19(23)13-7-14(20)18(9-16(13)22)27-6-5-26-2/h3-4,7-10,23H,5-6,21-22H2,1-2H3. The van der Waals surface area contributed by atoms with Crippen molar-refractivity contribution in [3.63, 3.8) is 0 Å². The van der Waals surface area contributed by atoms with Crippen LogP contribution in [0.2, 0.25) is 5.02 Å². The smallest absolute Gasteiger partial charge is 0.206 e. The number of ether oxygens (including phenoxy) is 2. The second-order valence-corrected chi connectivity index (χ2v) is 6.15. The van der Waals surface area contributed by atoms with Crippen LogP contribution in [-0.4, -0.2) is 36.8 Å². The first-order valence-corrected chi connectivity index (χ1v) is 8.45. The monoisotopic (exact) mass is 388 g/mol. The van der Waals surface area contributed by atoms with Gasteiger partial charge in [-0.3, -0.25) is 15.2 Å². The quantitative estimate of drug-likeness (QED) is 0.276. The average molecular weight is 389 g/mol. The van der Waals surface area contributed by atoms with Crippen LogP contribution in [0.15, 0.2) is 36.5 Å². The molecule has 7 nitrogen and oxygen atoms in total. The highest BCUT2D eigenvalue weighted by molar-refractivity contribution is 6.50. The Labute approximate surface area is 162 Å². The van der Waals surface area contributed by atoms with Gasteiger partial charge in [0.05, 0.1) is 11.6 Å². The van der Waals surface area contributed by atoms with E-state index in [0.717, 1.165) is 5.69 Å². The summed E-state index contributed by atoms with van der Waals surface area (Å²) < 4.78 is 10.4. The van der Waals surface area contributed by atoms with E-state index in [9.17, 15) is 4.79 Å². The number of carbonyl (C=O) groups excluding carboxylic acids is 1. The topological polar surface area (TPSA) is 124 Å². The summed E-state index contributed by atoms with van der Waals surface area (Å²) in [6.07, 6.45) is 2.74. The molecule has 27 heavy (non-hydrogen) atoms. The van der Waals surface area contributed by atoms with Gasteiger partial charge in [0.1, 0.15) is 18.1 Å². The van der Waals surface area contributed by atoms with Crippen LogP contribution >= 0.6 is 11.6 Å². The van der Waals surface area contributed by atoms with Gasteiger partial charge in [-0.15, -0.1) is 0 Å². The average Bonchev–Trinajstić information content (AvgIpc) is 2.64. The minimum absolute atomic E-state index is 0.203. The molecule has 0 saturated carbocycles. The summed E-state index contributed by atoms with van der Waals surface area (Å²) in [5.41, 5.74) is 13.6. The fourth-order valence-electron chi connectivity index (χ4n) is 2.20. The molecule has 1 aromatic carbocycles. The van der Waals surface area contributed by atoms with Crippen LogP contribution in [0.1, 0.15) is 16.8 Å². The number of hydrogen-bond acceptors (Lipinski definition) is 7. The van der Waals surface area contributed by atoms with Crippen molar-refractivity contribution >= 4 is 34.5 Å². The van der Waals surface area contributed by atoms with Gasteiger partial charge in [0, 0.05) is 53.7 Å². The maximum Gasteiger partial charge on any atom is 0.206 e. The molecule has 8 heteroatoms. The third-order valence-corrected chi connectivity index (χ3v) is 3.99. The lowest BCUT2D eigenvalue weighted by molar-refractivity contribution is -0.108. The molecule has 0 spiro atoms. The number of ketones is 1. The van der Waals surface area contributed by atoms with Crippen molar-refractivity contribution in [1.29, 1.82) is 5.41 Å². The Hall–Kier alpha value is -2.90. The second kappa shape index (κ2) is 9.16. The largest absolute Gasteiger partial charge is 0.490 e. The van der Waals surface area contributed by atoms with Gasteiger partial charge in [-0.25, -0.2) is 0 Å². The number of nitrogens with two attached hydrogens (primary N) is 2. The Morgan fingerprint density at radius 2 is 2.07 bits per heavy atom. The number of benzene rings is 1. The predicted molar refractivity (Wildman–Crippen MR) is 106 cm³/mol. The number of methoxy groups -OCH3 is 1. The number of allylic oxidation sites excluding steroid dienone is 1. The van der Waals surface area contributed by atoms with Crippen molar-refractivity contribution in [2.75, 3.05) is 26.1 Å². The maximum absolute atomic E-state index is 12.4. The lowest BCUT2D eigenvalue weighted by atomic mass is 10.0. The van der Waals surface area contributed by atoms with Gasteiger partial charge < -0.3 is 20.9 Å². The van der Waals surface area contributed by atoms with E-state index in [1.807, 2.05) is 6.92 Å². The molecule has 5 N–H and O–H groups in total. The molecule has 0 aliphatic heterocycles. The number of hydrogen-bond donors (Lipinski definition) is 3. The molecule has 0 aliphatic rings. The Kier molecular flexibility index (Phi) is 6.92. The summed E-state index contributed by atoms with van der Waals surface area (Å²) in [5.74, 6) is -0.236. The molecule has 0 atom stereocenters. The van der Waals surface area contributed by atoms with E-state index >= 15 is 0 Å². The van der Waals surface area contributed by atoms with Crippen molar-refractivity contribution in [1.82, 2.24) is 4.98 Å². The molecule has 0 unspecified atom stereocenters. The van der Waals surface area contributed by atoms with E-state index in [-0.39, 0.29) is 27.7 Å². The number of nitrogens with one attached hydrogen (secondary N) is 1. The fraction of sp³-hybridized carbons (Fsp3) is 0.211. The number of nitrogens with zero attached hydrogens (tertiary/aromatic N) is 1. The van der Waals surface area contributed by atoms with Gasteiger partial charge in [0.2, 0.25) is 5.78 Å². The molecule has 1 heterocycles. The van der Waals surface area contributed by atoms with E-state index in [4.69, 9.17) is 38.0 Å². The Bertz CT molecular complexity index is 879. The molecule has 142 valence electrons. The number of rotatable bonds is 8.